The van der Waals surface area contributed by atoms with Gasteiger partial charge >= 0.3 is 6.03 Å². The molecule has 1 N–H and O–H groups in total. The summed E-state index contributed by atoms with van der Waals surface area (Å²) in [5.74, 6) is 0. The Balaban J connectivity index is 1.40. The van der Waals surface area contributed by atoms with Crippen LogP contribution in [0.15, 0.2) is 59.8 Å². The standard InChI is InChI=1S/C25H31N3O2/c1-19-12-14-21(15-13-19)24-16-23(30-27-24)18-28(17-20-8-4-2-5-9-20)25(29)26-22-10-6-3-7-11-22/h2,4-5,8-9,12-15,22-23H,3,6-7,10-11,16-18H2,1H3,(H,26,29). The van der Waals surface area contributed by atoms with Gasteiger partial charge in [-0.3, -0.25) is 0 Å². The van der Waals surface area contributed by atoms with E-state index in [1.165, 1.54) is 24.8 Å². The van der Waals surface area contributed by atoms with Gasteiger partial charge in [-0.2, -0.15) is 0 Å². The van der Waals surface area contributed by atoms with Gasteiger partial charge in [0.2, 0.25) is 0 Å². The lowest BCUT2D eigenvalue weighted by Gasteiger charge is -2.29. The molecule has 1 atom stereocenters. The molecule has 4 rings (SSSR count). The van der Waals surface area contributed by atoms with Crippen LogP contribution < -0.4 is 5.32 Å². The molecule has 1 aliphatic heterocycles. The highest BCUT2D eigenvalue weighted by molar-refractivity contribution is 6.01. The zero-order valence-corrected chi connectivity index (χ0v) is 17.7. The summed E-state index contributed by atoms with van der Waals surface area (Å²) in [5, 5.41) is 7.57. The Hall–Kier alpha value is -2.82. The van der Waals surface area contributed by atoms with Gasteiger partial charge in [0.15, 0.2) is 6.10 Å². The van der Waals surface area contributed by atoms with Crippen LogP contribution in [0, 0.1) is 6.92 Å². The lowest BCUT2D eigenvalue weighted by atomic mass is 9.96. The largest absolute Gasteiger partial charge is 0.390 e. The van der Waals surface area contributed by atoms with Gasteiger partial charge in [-0.25, -0.2) is 4.79 Å². The van der Waals surface area contributed by atoms with E-state index in [0.29, 0.717) is 19.5 Å². The molecule has 2 aromatic carbocycles. The van der Waals surface area contributed by atoms with Gasteiger partial charge in [0.25, 0.3) is 0 Å². The van der Waals surface area contributed by atoms with Gasteiger partial charge in [0.1, 0.15) is 0 Å². The molecule has 1 saturated carbocycles. The maximum absolute atomic E-state index is 13.1. The van der Waals surface area contributed by atoms with Crippen molar-refractivity contribution in [3.63, 3.8) is 0 Å². The first-order valence-electron chi connectivity index (χ1n) is 11.1. The van der Waals surface area contributed by atoms with Crippen LogP contribution in [0.4, 0.5) is 4.79 Å². The van der Waals surface area contributed by atoms with Gasteiger partial charge in [0, 0.05) is 19.0 Å². The molecule has 1 fully saturated rings. The average Bonchev–Trinajstić information content (AvgIpc) is 3.24. The number of urea groups is 1. The van der Waals surface area contributed by atoms with Crippen LogP contribution in [0.25, 0.3) is 0 Å². The first-order valence-corrected chi connectivity index (χ1v) is 11.1. The van der Waals surface area contributed by atoms with Crippen molar-refractivity contribution in [1.82, 2.24) is 10.2 Å². The van der Waals surface area contributed by atoms with Crippen LogP contribution in [-0.2, 0) is 11.4 Å². The molecule has 0 radical (unpaired) electrons. The normalized spacial score (nSPS) is 19.1. The summed E-state index contributed by atoms with van der Waals surface area (Å²) in [6.07, 6.45) is 6.41. The van der Waals surface area contributed by atoms with Gasteiger partial charge in [-0.15, -0.1) is 0 Å². The quantitative estimate of drug-likeness (QED) is 0.733. The molecule has 5 nitrogen and oxygen atoms in total. The highest BCUT2D eigenvalue weighted by Crippen LogP contribution is 2.21. The Kier molecular flexibility index (Phi) is 6.67. The fourth-order valence-corrected chi connectivity index (χ4v) is 4.22. The smallest absolute Gasteiger partial charge is 0.318 e. The van der Waals surface area contributed by atoms with Crippen LogP contribution in [0.3, 0.4) is 0 Å². The van der Waals surface area contributed by atoms with Crippen LogP contribution in [0.2, 0.25) is 0 Å². The van der Waals surface area contributed by atoms with E-state index in [9.17, 15) is 4.79 Å². The summed E-state index contributed by atoms with van der Waals surface area (Å²) in [4.78, 5) is 20.7. The van der Waals surface area contributed by atoms with Crippen LogP contribution in [0.5, 0.6) is 0 Å². The van der Waals surface area contributed by atoms with Gasteiger partial charge in [0.05, 0.1) is 12.3 Å². The molecule has 2 aromatic rings. The first kappa shape index (κ1) is 20.5. The predicted octanol–water partition coefficient (Wildman–Crippen LogP) is 5.03. The number of carbonyl (C=O) groups excluding carboxylic acids is 1. The van der Waals surface area contributed by atoms with Crippen molar-refractivity contribution in [1.29, 1.82) is 0 Å². The molecule has 0 aromatic heterocycles. The van der Waals surface area contributed by atoms with Crippen molar-refractivity contribution in [2.45, 2.75) is 64.1 Å². The molecule has 1 aliphatic carbocycles. The number of hydrogen-bond acceptors (Lipinski definition) is 3. The van der Waals surface area contributed by atoms with Crippen LogP contribution in [0.1, 0.15) is 55.2 Å². The zero-order valence-electron chi connectivity index (χ0n) is 17.7. The summed E-state index contributed by atoms with van der Waals surface area (Å²) >= 11 is 0. The summed E-state index contributed by atoms with van der Waals surface area (Å²) in [7, 11) is 0. The van der Waals surface area contributed by atoms with E-state index in [2.05, 4.69) is 53.8 Å². The van der Waals surface area contributed by atoms with E-state index in [0.717, 1.165) is 29.7 Å². The third kappa shape index (κ3) is 5.41. The molecule has 1 heterocycles. The third-order valence-electron chi connectivity index (χ3n) is 5.98. The minimum Gasteiger partial charge on any atom is -0.390 e. The number of nitrogens with zero attached hydrogens (tertiary/aromatic N) is 2. The highest BCUT2D eigenvalue weighted by atomic mass is 16.6. The molecule has 2 aliphatic rings. The lowest BCUT2D eigenvalue weighted by molar-refractivity contribution is 0.0583. The maximum Gasteiger partial charge on any atom is 0.318 e. The second kappa shape index (κ2) is 9.79. The number of aryl methyl sites for hydroxylation is 1. The Morgan fingerprint density at radius 2 is 1.80 bits per heavy atom. The predicted molar refractivity (Wildman–Crippen MR) is 119 cm³/mol. The number of rotatable bonds is 6. The Morgan fingerprint density at radius 1 is 1.07 bits per heavy atom. The molecule has 30 heavy (non-hydrogen) atoms. The van der Waals surface area contributed by atoms with Crippen molar-refractivity contribution < 1.29 is 9.63 Å². The fraction of sp³-hybridized carbons (Fsp3) is 0.440. The minimum atomic E-state index is -0.123. The topological polar surface area (TPSA) is 53.9 Å². The Bertz CT molecular complexity index is 858. The van der Waals surface area contributed by atoms with E-state index in [-0.39, 0.29) is 18.2 Å². The first-order chi connectivity index (χ1) is 14.7. The summed E-state index contributed by atoms with van der Waals surface area (Å²) in [6.45, 7) is 3.16. The minimum absolute atomic E-state index is 0.00172. The summed E-state index contributed by atoms with van der Waals surface area (Å²) in [5.41, 5.74) is 4.38. The highest BCUT2D eigenvalue weighted by Gasteiger charge is 2.28. The van der Waals surface area contributed by atoms with E-state index in [1.807, 2.05) is 23.1 Å². The van der Waals surface area contributed by atoms with Crippen LogP contribution in [-0.4, -0.2) is 35.3 Å². The molecule has 0 bridgehead atoms. The van der Waals surface area contributed by atoms with Crippen molar-refractivity contribution in [3.05, 3.63) is 71.3 Å². The second-order valence-corrected chi connectivity index (χ2v) is 8.49. The zero-order chi connectivity index (χ0) is 20.8. The molecule has 5 heteroatoms. The van der Waals surface area contributed by atoms with Crippen molar-refractivity contribution in [2.75, 3.05) is 6.54 Å². The fourth-order valence-electron chi connectivity index (χ4n) is 4.22. The van der Waals surface area contributed by atoms with Crippen molar-refractivity contribution in [2.24, 2.45) is 5.16 Å². The molecule has 2 amide bonds. The number of hydrogen-bond donors (Lipinski definition) is 1. The Morgan fingerprint density at radius 3 is 2.53 bits per heavy atom. The van der Waals surface area contributed by atoms with E-state index >= 15 is 0 Å². The Labute approximate surface area is 179 Å². The van der Waals surface area contributed by atoms with Crippen molar-refractivity contribution >= 4 is 11.7 Å². The molecule has 158 valence electrons. The van der Waals surface area contributed by atoms with E-state index in [4.69, 9.17) is 4.84 Å². The number of nitrogens with one attached hydrogen (secondary N) is 1. The molecular formula is C25H31N3O2. The number of benzene rings is 2. The van der Waals surface area contributed by atoms with E-state index < -0.39 is 0 Å². The van der Waals surface area contributed by atoms with Gasteiger partial charge < -0.3 is 15.1 Å². The molecular weight excluding hydrogens is 374 g/mol. The van der Waals surface area contributed by atoms with E-state index in [1.54, 1.807) is 0 Å². The number of carbonyl (C=O) groups is 1. The molecule has 0 saturated heterocycles. The molecule has 0 spiro atoms. The maximum atomic E-state index is 13.1. The SMILES string of the molecule is Cc1ccc(C2=NOC(CN(Cc3ccccc3)C(=O)NC3CCCCC3)C2)cc1. The van der Waals surface area contributed by atoms with Crippen molar-refractivity contribution in [3.8, 4) is 0 Å². The third-order valence-corrected chi connectivity index (χ3v) is 5.98. The van der Waals surface area contributed by atoms with Crippen LogP contribution >= 0.6 is 0 Å². The molecule has 1 unspecified atom stereocenters. The monoisotopic (exact) mass is 405 g/mol. The lowest BCUT2D eigenvalue weighted by Crippen LogP contribution is -2.47. The number of amides is 2. The average molecular weight is 406 g/mol. The number of oxime groups is 1. The summed E-state index contributed by atoms with van der Waals surface area (Å²) in [6, 6.07) is 18.8. The van der Waals surface area contributed by atoms with Gasteiger partial charge in [-0.1, -0.05) is 84.6 Å². The summed E-state index contributed by atoms with van der Waals surface area (Å²) < 4.78 is 0. The van der Waals surface area contributed by atoms with Gasteiger partial charge in [-0.05, 0) is 30.9 Å². The second-order valence-electron chi connectivity index (χ2n) is 8.49.